The third kappa shape index (κ3) is 1.91. The molecule has 0 N–H and O–H groups in total. The van der Waals surface area contributed by atoms with Gasteiger partial charge in [0.2, 0.25) is 5.65 Å². The van der Waals surface area contributed by atoms with Gasteiger partial charge < -0.3 is 0 Å². The summed E-state index contributed by atoms with van der Waals surface area (Å²) in [6.07, 6.45) is 5.12. The average Bonchev–Trinajstić information content (AvgIpc) is 2.83. The molecule has 7 heteroatoms. The molecule has 3 aromatic rings. The van der Waals surface area contributed by atoms with Gasteiger partial charge in [-0.3, -0.25) is 13.8 Å². The molecule has 0 amide bonds. The number of aromatic nitrogens is 4. The van der Waals surface area contributed by atoms with Crippen molar-refractivity contribution in [3.05, 3.63) is 52.8 Å². The third-order valence-corrected chi connectivity index (χ3v) is 3.35. The largest absolute Gasteiger partial charge is 0.300 e. The fourth-order valence-electron chi connectivity index (χ4n) is 1.83. The van der Waals surface area contributed by atoms with Crippen LogP contribution in [-0.2, 0) is 0 Å². The fourth-order valence-corrected chi connectivity index (χ4v) is 2.30. The molecule has 5 nitrogen and oxygen atoms in total. The van der Waals surface area contributed by atoms with Crippen LogP contribution in [-0.4, -0.2) is 25.4 Å². The Morgan fingerprint density at radius 1 is 1.26 bits per heavy atom. The maximum atomic E-state index is 13.2. The van der Waals surface area contributed by atoms with Crippen LogP contribution in [0.2, 0.25) is 0 Å². The van der Waals surface area contributed by atoms with E-state index in [0.29, 0.717) is 10.8 Å². The quantitative estimate of drug-likeness (QED) is 0.669. The highest BCUT2D eigenvalue weighted by Crippen LogP contribution is 2.12. The monoisotopic (exact) mass is 276 g/mol. The van der Waals surface area contributed by atoms with Gasteiger partial charge in [-0.1, -0.05) is 17.8 Å². The van der Waals surface area contributed by atoms with E-state index in [1.165, 1.54) is 28.5 Å². The van der Waals surface area contributed by atoms with Crippen LogP contribution in [0.25, 0.3) is 11.3 Å². The van der Waals surface area contributed by atoms with Gasteiger partial charge in [0.25, 0.3) is 0 Å². The lowest BCUT2D eigenvalue weighted by molar-refractivity contribution is 0.626. The topological polar surface area (TPSA) is 52.2 Å². The maximum Gasteiger partial charge on any atom is 0.300 e. The molecule has 2 aromatic heterocycles. The summed E-state index contributed by atoms with van der Waals surface area (Å²) in [5, 5.41) is 8.42. The van der Waals surface area contributed by atoms with E-state index in [0.717, 1.165) is 0 Å². The number of halogens is 1. The van der Waals surface area contributed by atoms with Crippen LogP contribution >= 0.6 is 11.8 Å². The molecule has 3 rings (SSSR count). The Kier molecular flexibility index (Phi) is 2.83. The Bertz CT molecular complexity index is 811. The van der Waals surface area contributed by atoms with Gasteiger partial charge in [-0.05, 0) is 24.5 Å². The number of rotatable bonds is 2. The first-order chi connectivity index (χ1) is 9.20. The summed E-state index contributed by atoms with van der Waals surface area (Å²) < 4.78 is 16.2. The Labute approximate surface area is 111 Å². The Hall–Kier alpha value is -2.15. The standard InChI is InChI=1S/C12H9FN4OS/c1-19-12-15-14-10-11(18)16(5-6-17(10)12)9-4-2-3-8(13)7-9/h2-7H,1H3. The Balaban J connectivity index is 2.27. The van der Waals surface area contributed by atoms with Crippen molar-refractivity contribution in [3.8, 4) is 5.69 Å². The Morgan fingerprint density at radius 2 is 2.11 bits per heavy atom. The van der Waals surface area contributed by atoms with Gasteiger partial charge in [-0.15, -0.1) is 10.2 Å². The minimum absolute atomic E-state index is 0.219. The van der Waals surface area contributed by atoms with E-state index in [1.54, 1.807) is 28.9 Å². The van der Waals surface area contributed by atoms with E-state index in [-0.39, 0.29) is 11.2 Å². The molecule has 19 heavy (non-hydrogen) atoms. The third-order valence-electron chi connectivity index (χ3n) is 2.71. The van der Waals surface area contributed by atoms with E-state index in [4.69, 9.17) is 0 Å². The molecule has 0 spiro atoms. The number of thioether (sulfide) groups is 1. The molecule has 0 aliphatic rings. The lowest BCUT2D eigenvalue weighted by Crippen LogP contribution is -2.20. The number of fused-ring (bicyclic) bond motifs is 1. The van der Waals surface area contributed by atoms with E-state index in [9.17, 15) is 9.18 Å². The summed E-state index contributed by atoms with van der Waals surface area (Å²) in [5.41, 5.74) is 0.346. The summed E-state index contributed by atoms with van der Waals surface area (Å²) in [7, 11) is 0. The molecule has 0 fully saturated rings. The zero-order chi connectivity index (χ0) is 13.4. The zero-order valence-corrected chi connectivity index (χ0v) is 10.8. The predicted molar refractivity (Wildman–Crippen MR) is 70.3 cm³/mol. The molecule has 96 valence electrons. The van der Waals surface area contributed by atoms with Crippen LogP contribution in [0, 0.1) is 5.82 Å². The summed E-state index contributed by atoms with van der Waals surface area (Å²) in [5.74, 6) is -0.393. The van der Waals surface area contributed by atoms with Crippen molar-refractivity contribution in [1.82, 2.24) is 19.2 Å². The molecule has 0 saturated heterocycles. The van der Waals surface area contributed by atoms with E-state index in [2.05, 4.69) is 10.2 Å². The molecule has 0 aliphatic heterocycles. The minimum Gasteiger partial charge on any atom is -0.279 e. The van der Waals surface area contributed by atoms with Crippen LogP contribution in [0.1, 0.15) is 0 Å². The van der Waals surface area contributed by atoms with Gasteiger partial charge in [0, 0.05) is 12.4 Å². The van der Waals surface area contributed by atoms with Crippen molar-refractivity contribution >= 4 is 17.4 Å². The highest BCUT2D eigenvalue weighted by atomic mass is 32.2. The molecular formula is C12H9FN4OS. The maximum absolute atomic E-state index is 13.2. The van der Waals surface area contributed by atoms with Crippen molar-refractivity contribution in [1.29, 1.82) is 0 Å². The van der Waals surface area contributed by atoms with Crippen molar-refractivity contribution in [2.75, 3.05) is 6.26 Å². The second-order valence-electron chi connectivity index (χ2n) is 3.83. The molecule has 0 bridgehead atoms. The predicted octanol–water partition coefficient (Wildman–Crippen LogP) is 1.74. The van der Waals surface area contributed by atoms with Gasteiger partial charge in [0.15, 0.2) is 5.16 Å². The number of benzene rings is 1. The van der Waals surface area contributed by atoms with Crippen LogP contribution in [0.4, 0.5) is 4.39 Å². The number of hydrogen-bond acceptors (Lipinski definition) is 4. The Morgan fingerprint density at radius 3 is 2.84 bits per heavy atom. The highest BCUT2D eigenvalue weighted by molar-refractivity contribution is 7.98. The first kappa shape index (κ1) is 11.9. The van der Waals surface area contributed by atoms with Gasteiger partial charge >= 0.3 is 5.56 Å². The molecule has 1 aromatic carbocycles. The molecule has 0 aliphatic carbocycles. The highest BCUT2D eigenvalue weighted by Gasteiger charge is 2.10. The summed E-state index contributed by atoms with van der Waals surface area (Å²) in [4.78, 5) is 12.3. The average molecular weight is 276 g/mol. The first-order valence-corrected chi connectivity index (χ1v) is 6.69. The minimum atomic E-state index is -0.393. The van der Waals surface area contributed by atoms with Gasteiger partial charge in [-0.2, -0.15) is 0 Å². The van der Waals surface area contributed by atoms with Crippen molar-refractivity contribution < 1.29 is 4.39 Å². The summed E-state index contributed by atoms with van der Waals surface area (Å²) >= 11 is 1.40. The number of nitrogens with zero attached hydrogens (tertiary/aromatic N) is 4. The molecular weight excluding hydrogens is 267 g/mol. The normalized spacial score (nSPS) is 11.1. The van der Waals surface area contributed by atoms with Crippen molar-refractivity contribution in [2.24, 2.45) is 0 Å². The first-order valence-electron chi connectivity index (χ1n) is 5.47. The fraction of sp³-hybridized carbons (Fsp3) is 0.0833. The van der Waals surface area contributed by atoms with Crippen LogP contribution in [0.15, 0.2) is 46.6 Å². The van der Waals surface area contributed by atoms with Crippen LogP contribution in [0.3, 0.4) is 0 Å². The van der Waals surface area contributed by atoms with E-state index < -0.39 is 5.82 Å². The second kappa shape index (κ2) is 4.51. The summed E-state index contributed by atoms with van der Waals surface area (Å²) in [6, 6.07) is 5.84. The van der Waals surface area contributed by atoms with Crippen molar-refractivity contribution in [2.45, 2.75) is 5.16 Å². The molecule has 0 saturated carbocycles. The lowest BCUT2D eigenvalue weighted by Gasteiger charge is -2.05. The van der Waals surface area contributed by atoms with E-state index >= 15 is 0 Å². The molecule has 0 unspecified atom stereocenters. The molecule has 0 atom stereocenters. The smallest absolute Gasteiger partial charge is 0.279 e. The molecule has 2 heterocycles. The zero-order valence-electron chi connectivity index (χ0n) is 9.95. The van der Waals surface area contributed by atoms with Crippen LogP contribution in [0.5, 0.6) is 0 Å². The lowest BCUT2D eigenvalue weighted by atomic mass is 10.3. The second-order valence-corrected chi connectivity index (χ2v) is 4.61. The van der Waals surface area contributed by atoms with Crippen LogP contribution < -0.4 is 5.56 Å². The van der Waals surface area contributed by atoms with Gasteiger partial charge in [-0.25, -0.2) is 4.39 Å². The SMILES string of the molecule is CSc1nnc2c(=O)n(-c3cccc(F)c3)ccn12. The van der Waals surface area contributed by atoms with Gasteiger partial charge in [0.05, 0.1) is 5.69 Å². The molecule has 0 radical (unpaired) electrons. The van der Waals surface area contributed by atoms with E-state index in [1.807, 2.05) is 6.26 Å². The van der Waals surface area contributed by atoms with Gasteiger partial charge in [0.1, 0.15) is 5.82 Å². The number of hydrogen-bond donors (Lipinski definition) is 0. The van der Waals surface area contributed by atoms with Crippen molar-refractivity contribution in [3.63, 3.8) is 0 Å². The summed E-state index contributed by atoms with van der Waals surface area (Å²) in [6.45, 7) is 0.